The topological polar surface area (TPSA) is 131 Å². The third kappa shape index (κ3) is 7.69. The highest BCUT2D eigenvalue weighted by molar-refractivity contribution is 5.99. The van der Waals surface area contributed by atoms with Crippen molar-refractivity contribution >= 4 is 29.0 Å². The lowest BCUT2D eigenvalue weighted by Gasteiger charge is -2.00. The summed E-state index contributed by atoms with van der Waals surface area (Å²) in [5.74, 6) is 0.816. The number of aromatic amines is 1. The molecule has 1 amide bonds. The minimum atomic E-state index is -0.333. The van der Waals surface area contributed by atoms with Crippen LogP contribution in [-0.2, 0) is 4.79 Å². The summed E-state index contributed by atoms with van der Waals surface area (Å²) >= 11 is 0. The first-order valence-corrected chi connectivity index (χ1v) is 8.48. The fourth-order valence-corrected chi connectivity index (χ4v) is 2.12. The van der Waals surface area contributed by atoms with Crippen LogP contribution in [0.5, 0.6) is 5.75 Å². The van der Waals surface area contributed by atoms with E-state index in [1.165, 1.54) is 13.3 Å². The van der Waals surface area contributed by atoms with E-state index in [9.17, 15) is 4.79 Å². The molecule has 0 aliphatic rings. The average Bonchev–Trinajstić information content (AvgIpc) is 3.00. The molecule has 0 saturated heterocycles. The third-order valence-corrected chi connectivity index (χ3v) is 3.35. The Labute approximate surface area is 153 Å². The lowest BCUT2D eigenvalue weighted by Crippen LogP contribution is -2.27. The van der Waals surface area contributed by atoms with Crippen LogP contribution >= 0.6 is 0 Å². The van der Waals surface area contributed by atoms with Gasteiger partial charge in [0.25, 0.3) is 0 Å². The number of hydrazone groups is 1. The monoisotopic (exact) mass is 360 g/mol. The van der Waals surface area contributed by atoms with Gasteiger partial charge in [-0.2, -0.15) is 5.10 Å². The molecule has 2 rings (SSSR count). The molecule has 0 spiro atoms. The number of hydrogen-bond donors (Lipinski definition) is 4. The predicted octanol–water partition coefficient (Wildman–Crippen LogP) is 2.10. The Morgan fingerprint density at radius 3 is 2.73 bits per heavy atom. The zero-order valence-corrected chi connectivity index (χ0v) is 15.6. The molecule has 0 fully saturated rings. The van der Waals surface area contributed by atoms with Crippen molar-refractivity contribution in [2.45, 2.75) is 33.1 Å². The Bertz CT molecular complexity index is 747. The molecule has 0 aliphatic heterocycles. The Balaban J connectivity index is 0.000000765. The van der Waals surface area contributed by atoms with Gasteiger partial charge in [-0.1, -0.05) is 19.8 Å². The normalized spacial score (nSPS) is 11.3. The van der Waals surface area contributed by atoms with Crippen molar-refractivity contribution in [3.8, 4) is 5.75 Å². The van der Waals surface area contributed by atoms with E-state index in [1.807, 2.05) is 24.4 Å². The molecule has 0 aliphatic carbocycles. The number of methoxy groups -OCH3 is 1. The van der Waals surface area contributed by atoms with Crippen molar-refractivity contribution < 1.29 is 9.53 Å². The van der Waals surface area contributed by atoms with Crippen LogP contribution < -0.4 is 21.6 Å². The van der Waals surface area contributed by atoms with Crippen LogP contribution in [0.25, 0.3) is 10.9 Å². The van der Waals surface area contributed by atoms with Crippen LogP contribution in [0.15, 0.2) is 34.5 Å². The number of H-pyrrole nitrogens is 1. The van der Waals surface area contributed by atoms with Crippen LogP contribution in [0.4, 0.5) is 0 Å². The van der Waals surface area contributed by atoms with E-state index in [4.69, 9.17) is 10.5 Å². The number of benzene rings is 1. The molecule has 0 bridgehead atoms. The summed E-state index contributed by atoms with van der Waals surface area (Å²) in [6.07, 6.45) is 6.99. The molecule has 0 saturated carbocycles. The number of aromatic nitrogens is 1. The first kappa shape index (κ1) is 21.0. The molecule has 0 radical (unpaired) electrons. The lowest BCUT2D eigenvalue weighted by atomic mass is 10.2. The number of carbonyl (C=O) groups excluding carboxylic acids is 1. The molecule has 6 N–H and O–H groups in total. The number of rotatable bonds is 7. The smallest absolute Gasteiger partial charge is 0.214 e. The van der Waals surface area contributed by atoms with E-state index in [0.717, 1.165) is 41.6 Å². The van der Waals surface area contributed by atoms with E-state index in [-0.39, 0.29) is 5.91 Å². The number of aliphatic imine (C=N–C) groups is 1. The van der Waals surface area contributed by atoms with Crippen molar-refractivity contribution in [3.63, 3.8) is 0 Å². The largest absolute Gasteiger partial charge is 0.497 e. The van der Waals surface area contributed by atoms with Gasteiger partial charge in [-0.15, -0.1) is 0 Å². The number of unbranched alkanes of at least 4 members (excludes halogenated alkanes) is 2. The number of fused-ring (bicyclic) bond motifs is 1. The molecule has 2 aromatic rings. The second-order valence-corrected chi connectivity index (χ2v) is 5.61. The molecule has 0 atom stereocenters. The van der Waals surface area contributed by atoms with Crippen LogP contribution in [0, 0.1) is 0 Å². The van der Waals surface area contributed by atoms with Crippen LogP contribution in [0.2, 0.25) is 0 Å². The van der Waals surface area contributed by atoms with E-state index < -0.39 is 0 Å². The molecule has 142 valence electrons. The fourth-order valence-electron chi connectivity index (χ4n) is 2.12. The minimum Gasteiger partial charge on any atom is -0.497 e. The van der Waals surface area contributed by atoms with Gasteiger partial charge in [0.1, 0.15) is 5.75 Å². The number of amides is 1. The molecular weight excluding hydrogens is 332 g/mol. The van der Waals surface area contributed by atoms with Crippen LogP contribution in [0.3, 0.4) is 0 Å². The number of carbonyl (C=O) groups is 1. The van der Waals surface area contributed by atoms with Gasteiger partial charge in [-0.3, -0.25) is 9.79 Å². The molecule has 8 nitrogen and oxygen atoms in total. The Morgan fingerprint density at radius 2 is 2.08 bits per heavy atom. The van der Waals surface area contributed by atoms with Gasteiger partial charge >= 0.3 is 0 Å². The van der Waals surface area contributed by atoms with E-state index in [2.05, 4.69) is 33.2 Å². The summed E-state index contributed by atoms with van der Waals surface area (Å²) in [7, 11) is 1.65. The number of hydrogen-bond acceptors (Lipinski definition) is 4. The highest BCUT2D eigenvalue weighted by Gasteiger charge is 2.03. The number of nitrogens with two attached hydrogens (primary N) is 2. The Morgan fingerprint density at radius 1 is 1.35 bits per heavy atom. The van der Waals surface area contributed by atoms with Crippen molar-refractivity contribution in [1.29, 1.82) is 0 Å². The first-order valence-electron chi connectivity index (χ1n) is 8.48. The average molecular weight is 360 g/mol. The Hall–Kier alpha value is -3.03. The zero-order valence-electron chi connectivity index (χ0n) is 15.6. The first-order chi connectivity index (χ1) is 12.5. The van der Waals surface area contributed by atoms with E-state index in [0.29, 0.717) is 5.96 Å². The van der Waals surface area contributed by atoms with Crippen molar-refractivity contribution in [1.82, 2.24) is 10.4 Å². The zero-order chi connectivity index (χ0) is 19.4. The molecule has 0 unspecified atom stereocenters. The van der Waals surface area contributed by atoms with Gasteiger partial charge in [0, 0.05) is 36.1 Å². The highest BCUT2D eigenvalue weighted by atomic mass is 16.5. The van der Waals surface area contributed by atoms with Crippen molar-refractivity contribution in [3.05, 3.63) is 30.0 Å². The summed E-state index contributed by atoms with van der Waals surface area (Å²) < 4.78 is 5.24. The summed E-state index contributed by atoms with van der Waals surface area (Å²) in [5.41, 5.74) is 15.0. The van der Waals surface area contributed by atoms with Gasteiger partial charge in [-0.25, -0.2) is 5.43 Å². The Kier molecular flexibility index (Phi) is 9.30. The van der Waals surface area contributed by atoms with E-state index in [1.54, 1.807) is 13.3 Å². The quantitative estimate of drug-likeness (QED) is 0.260. The molecule has 1 aromatic carbocycles. The van der Waals surface area contributed by atoms with Crippen LogP contribution in [0.1, 0.15) is 38.7 Å². The second-order valence-electron chi connectivity index (χ2n) is 5.61. The molecular formula is C18H28N6O2. The van der Waals surface area contributed by atoms with Gasteiger partial charge in [0.2, 0.25) is 11.9 Å². The van der Waals surface area contributed by atoms with Crippen molar-refractivity contribution in [2.24, 2.45) is 21.6 Å². The van der Waals surface area contributed by atoms with Gasteiger partial charge in [-0.05, 0) is 24.6 Å². The number of ether oxygens (including phenoxy) is 1. The van der Waals surface area contributed by atoms with Gasteiger partial charge in [0.05, 0.1) is 13.3 Å². The maximum atomic E-state index is 9.22. The molecule has 26 heavy (non-hydrogen) atoms. The molecule has 1 aromatic heterocycles. The summed E-state index contributed by atoms with van der Waals surface area (Å²) in [6.45, 7) is 4.19. The predicted molar refractivity (Wildman–Crippen MR) is 106 cm³/mol. The number of primary amides is 1. The number of nitrogens with one attached hydrogen (secondary N) is 2. The molecule has 1 heterocycles. The van der Waals surface area contributed by atoms with Gasteiger partial charge in [0.15, 0.2) is 0 Å². The fraction of sp³-hybridized carbons (Fsp3) is 0.389. The van der Waals surface area contributed by atoms with Crippen LogP contribution in [-0.4, -0.2) is 36.7 Å². The summed E-state index contributed by atoms with van der Waals surface area (Å²) in [6, 6.07) is 5.86. The maximum absolute atomic E-state index is 9.22. The lowest BCUT2D eigenvalue weighted by molar-refractivity contribution is -0.115. The number of nitrogens with zero attached hydrogens (tertiary/aromatic N) is 2. The summed E-state index contributed by atoms with van der Waals surface area (Å²) in [5, 5.41) is 5.17. The SMILES string of the molecule is CC(N)=O.CCCCCN=C(N)N/N=C/c1c[nH]c2ccc(OC)cc12. The second kappa shape index (κ2) is 11.5. The van der Waals surface area contributed by atoms with Gasteiger partial charge < -0.3 is 21.2 Å². The molecule has 8 heteroatoms. The summed E-state index contributed by atoms with van der Waals surface area (Å²) in [4.78, 5) is 16.6. The minimum absolute atomic E-state index is 0.333. The van der Waals surface area contributed by atoms with E-state index >= 15 is 0 Å². The maximum Gasteiger partial charge on any atom is 0.214 e. The standard InChI is InChI=1S/C16H23N5O.C2H5NO/c1-3-4-5-8-18-16(17)21-20-11-12-10-19-15-7-6-13(22-2)9-14(12)15;1-2(3)4/h6-7,9-11,19H,3-5,8H2,1-2H3,(H3,17,18,21);1H3,(H2,3,4)/b20-11+;. The number of guanidine groups is 1. The highest BCUT2D eigenvalue weighted by Crippen LogP contribution is 2.22. The third-order valence-electron chi connectivity index (χ3n) is 3.35. The van der Waals surface area contributed by atoms with Crippen molar-refractivity contribution in [2.75, 3.05) is 13.7 Å².